The van der Waals surface area contributed by atoms with E-state index in [1.807, 2.05) is 0 Å². The maximum Gasteiger partial charge on any atom is 0.408 e. The molecular formula is C18H32N2O7S. The molecule has 9 nitrogen and oxygen atoms in total. The molecule has 0 spiro atoms. The monoisotopic (exact) mass is 420 g/mol. The first-order valence-corrected chi connectivity index (χ1v) is 10.3. The normalized spacial score (nSPS) is 13.8. The van der Waals surface area contributed by atoms with Gasteiger partial charge in [0, 0.05) is 12.2 Å². The summed E-state index contributed by atoms with van der Waals surface area (Å²) in [5, 5.41) is 13.9. The Balaban J connectivity index is 5.01. The number of carbonyl (C=O) groups is 4. The van der Waals surface area contributed by atoms with Crippen molar-refractivity contribution >= 4 is 35.7 Å². The Bertz CT molecular complexity index is 567. The smallest absolute Gasteiger partial charge is 0.408 e. The Morgan fingerprint density at radius 3 is 1.89 bits per heavy atom. The molecule has 0 saturated carbocycles. The number of esters is 1. The predicted molar refractivity (Wildman–Crippen MR) is 106 cm³/mol. The average molecular weight is 421 g/mol. The van der Waals surface area contributed by atoms with E-state index in [4.69, 9.17) is 14.6 Å². The number of amides is 2. The van der Waals surface area contributed by atoms with Gasteiger partial charge in [-0.25, -0.2) is 14.4 Å². The van der Waals surface area contributed by atoms with E-state index < -0.39 is 47.2 Å². The highest BCUT2D eigenvalue weighted by atomic mass is 32.2. The van der Waals surface area contributed by atoms with E-state index in [-0.39, 0.29) is 18.6 Å². The van der Waals surface area contributed by atoms with Crippen molar-refractivity contribution < 1.29 is 33.8 Å². The Morgan fingerprint density at radius 1 is 0.929 bits per heavy atom. The van der Waals surface area contributed by atoms with Crippen LogP contribution in [-0.4, -0.2) is 64.3 Å². The molecule has 2 unspecified atom stereocenters. The number of ether oxygens (including phenoxy) is 2. The van der Waals surface area contributed by atoms with Crippen LogP contribution in [0.2, 0.25) is 0 Å². The van der Waals surface area contributed by atoms with E-state index in [0.717, 1.165) is 0 Å². The number of hydrogen-bond donors (Lipinski definition) is 3. The molecule has 28 heavy (non-hydrogen) atoms. The van der Waals surface area contributed by atoms with Crippen LogP contribution in [0.5, 0.6) is 0 Å². The number of carbonyl (C=O) groups excluding carboxylic acids is 3. The van der Waals surface area contributed by atoms with Crippen LogP contribution < -0.4 is 10.6 Å². The van der Waals surface area contributed by atoms with Crippen LogP contribution in [0.1, 0.15) is 54.4 Å². The lowest BCUT2D eigenvalue weighted by molar-refractivity contribution is -0.157. The molecule has 2 atom stereocenters. The van der Waals surface area contributed by atoms with Crippen molar-refractivity contribution in [2.24, 2.45) is 0 Å². The van der Waals surface area contributed by atoms with E-state index in [9.17, 15) is 19.2 Å². The van der Waals surface area contributed by atoms with Crippen LogP contribution in [0.15, 0.2) is 0 Å². The van der Waals surface area contributed by atoms with Crippen LogP contribution in [0.25, 0.3) is 0 Å². The number of alkyl carbamates (subject to hydrolysis) is 1. The lowest BCUT2D eigenvalue weighted by Gasteiger charge is -2.26. The summed E-state index contributed by atoms with van der Waals surface area (Å²) in [5.74, 6) is -2.17. The molecule has 0 saturated heterocycles. The van der Waals surface area contributed by atoms with Crippen LogP contribution in [0.3, 0.4) is 0 Å². The molecule has 0 aliphatic heterocycles. The standard InChI is InChI=1S/C18H32N2O7S/c1-17(2,3)26-15(24)11(20-16(25)27-18(4,5)6)8-9-13(21)19-12(10-28-7)14(22)23/h11-12H,8-10H2,1-7H3,(H,19,21)(H,20,25)(H,22,23). The molecule has 2 amide bonds. The van der Waals surface area contributed by atoms with E-state index in [2.05, 4.69) is 10.6 Å². The Labute approximate surface area is 170 Å². The van der Waals surface area contributed by atoms with Crippen molar-refractivity contribution in [3.05, 3.63) is 0 Å². The SMILES string of the molecule is CSCC(NC(=O)CCC(NC(=O)OC(C)(C)C)C(=O)OC(C)(C)C)C(=O)O. The third-order valence-electron chi connectivity index (χ3n) is 3.01. The fourth-order valence-electron chi connectivity index (χ4n) is 1.95. The van der Waals surface area contributed by atoms with Gasteiger partial charge in [0.25, 0.3) is 0 Å². The molecule has 0 aromatic heterocycles. The van der Waals surface area contributed by atoms with Gasteiger partial charge in [-0.05, 0) is 54.2 Å². The molecule has 0 radical (unpaired) electrons. The van der Waals surface area contributed by atoms with Gasteiger partial charge < -0.3 is 25.2 Å². The molecule has 0 aliphatic carbocycles. The van der Waals surface area contributed by atoms with Gasteiger partial charge in [0.15, 0.2) is 0 Å². The van der Waals surface area contributed by atoms with Crippen LogP contribution in [-0.2, 0) is 23.9 Å². The zero-order valence-electron chi connectivity index (χ0n) is 17.6. The fraction of sp³-hybridized carbons (Fsp3) is 0.778. The third kappa shape index (κ3) is 12.4. The molecule has 0 heterocycles. The van der Waals surface area contributed by atoms with E-state index in [1.165, 1.54) is 11.8 Å². The third-order valence-corrected chi connectivity index (χ3v) is 3.68. The highest BCUT2D eigenvalue weighted by molar-refractivity contribution is 7.98. The van der Waals surface area contributed by atoms with E-state index >= 15 is 0 Å². The van der Waals surface area contributed by atoms with Gasteiger partial charge >= 0.3 is 18.0 Å². The molecule has 0 rings (SSSR count). The second kappa shape index (κ2) is 11.1. The number of nitrogens with one attached hydrogen (secondary N) is 2. The van der Waals surface area contributed by atoms with Gasteiger partial charge in [0.05, 0.1) is 0 Å². The number of aliphatic carboxylic acids is 1. The Hall–Kier alpha value is -1.97. The first-order valence-electron chi connectivity index (χ1n) is 8.88. The minimum atomic E-state index is -1.14. The summed E-state index contributed by atoms with van der Waals surface area (Å²) in [7, 11) is 0. The summed E-state index contributed by atoms with van der Waals surface area (Å²) in [6.07, 6.45) is 0.684. The number of carboxylic acids is 1. The maximum atomic E-state index is 12.4. The maximum absolute atomic E-state index is 12.4. The molecule has 0 aromatic rings. The molecule has 3 N–H and O–H groups in total. The van der Waals surface area contributed by atoms with Crippen LogP contribution in [0.4, 0.5) is 4.79 Å². The molecule has 0 bridgehead atoms. The van der Waals surface area contributed by atoms with Crippen molar-refractivity contribution in [3.63, 3.8) is 0 Å². The summed E-state index contributed by atoms with van der Waals surface area (Å²) >= 11 is 1.29. The van der Waals surface area contributed by atoms with Gasteiger partial charge in [-0.15, -0.1) is 0 Å². The van der Waals surface area contributed by atoms with E-state index in [1.54, 1.807) is 47.8 Å². The zero-order valence-corrected chi connectivity index (χ0v) is 18.4. The van der Waals surface area contributed by atoms with Crippen molar-refractivity contribution in [2.75, 3.05) is 12.0 Å². The van der Waals surface area contributed by atoms with Crippen LogP contribution >= 0.6 is 11.8 Å². The van der Waals surface area contributed by atoms with E-state index in [0.29, 0.717) is 0 Å². The average Bonchev–Trinajstić information content (AvgIpc) is 2.47. The highest BCUT2D eigenvalue weighted by Crippen LogP contribution is 2.13. The first kappa shape index (κ1) is 26.0. The minimum absolute atomic E-state index is 0.0639. The minimum Gasteiger partial charge on any atom is -0.480 e. The molecule has 0 aromatic carbocycles. The first-order chi connectivity index (χ1) is 12.6. The number of thioether (sulfide) groups is 1. The second-order valence-electron chi connectivity index (χ2n) is 8.18. The molecule has 0 fully saturated rings. The Kier molecular flexibility index (Phi) is 10.4. The molecule has 162 valence electrons. The summed E-state index contributed by atoms with van der Waals surface area (Å²) in [6.45, 7) is 10.1. The Morgan fingerprint density at radius 2 is 1.46 bits per heavy atom. The number of rotatable bonds is 9. The quantitative estimate of drug-likeness (QED) is 0.482. The summed E-state index contributed by atoms with van der Waals surface area (Å²) < 4.78 is 10.4. The van der Waals surface area contributed by atoms with Gasteiger partial charge in [0.2, 0.25) is 5.91 Å². The molecule has 0 aliphatic rings. The lowest BCUT2D eigenvalue weighted by Crippen LogP contribution is -2.47. The largest absolute Gasteiger partial charge is 0.480 e. The summed E-state index contributed by atoms with van der Waals surface area (Å²) in [5.41, 5.74) is -1.54. The van der Waals surface area contributed by atoms with Crippen molar-refractivity contribution in [3.8, 4) is 0 Å². The lowest BCUT2D eigenvalue weighted by atomic mass is 10.1. The molecule has 10 heteroatoms. The van der Waals surface area contributed by atoms with Gasteiger partial charge in [-0.3, -0.25) is 4.79 Å². The number of carboxylic acid groups (broad SMARTS) is 1. The van der Waals surface area contributed by atoms with Crippen molar-refractivity contribution in [1.29, 1.82) is 0 Å². The predicted octanol–water partition coefficient (Wildman–Crippen LogP) is 1.93. The zero-order chi connectivity index (χ0) is 22.1. The second-order valence-corrected chi connectivity index (χ2v) is 9.10. The van der Waals surface area contributed by atoms with Crippen molar-refractivity contribution in [2.45, 2.75) is 77.7 Å². The van der Waals surface area contributed by atoms with Crippen LogP contribution in [0, 0.1) is 0 Å². The topological polar surface area (TPSA) is 131 Å². The summed E-state index contributed by atoms with van der Waals surface area (Å²) in [4.78, 5) is 47.6. The number of hydrogen-bond acceptors (Lipinski definition) is 7. The van der Waals surface area contributed by atoms with Crippen molar-refractivity contribution in [1.82, 2.24) is 10.6 Å². The summed E-state index contributed by atoms with van der Waals surface area (Å²) in [6, 6.07) is -2.13. The van der Waals surface area contributed by atoms with Gasteiger partial charge in [0.1, 0.15) is 23.3 Å². The highest BCUT2D eigenvalue weighted by Gasteiger charge is 2.29. The molecular weight excluding hydrogens is 388 g/mol. The van der Waals surface area contributed by atoms with Gasteiger partial charge in [-0.1, -0.05) is 0 Å². The fourth-order valence-corrected chi connectivity index (χ4v) is 2.51. The van der Waals surface area contributed by atoms with Gasteiger partial charge in [-0.2, -0.15) is 11.8 Å².